The normalized spacial score (nSPS) is 12.9. The smallest absolute Gasteiger partial charge is 0.213 e. The number of hydrogen-bond acceptors (Lipinski definition) is 4. The second-order valence-corrected chi connectivity index (χ2v) is 7.28. The molecule has 0 spiro atoms. The summed E-state index contributed by atoms with van der Waals surface area (Å²) in [6.07, 6.45) is 2.42. The van der Waals surface area contributed by atoms with Gasteiger partial charge in [0.1, 0.15) is 23.4 Å². The van der Waals surface area contributed by atoms with Crippen LogP contribution in [0.1, 0.15) is 45.8 Å². The molecule has 1 atom stereocenters. The molecule has 28 heavy (non-hydrogen) atoms. The molecule has 1 heterocycles. The van der Waals surface area contributed by atoms with E-state index in [1.54, 1.807) is 25.4 Å². The Morgan fingerprint density at radius 1 is 1.32 bits per heavy atom. The summed E-state index contributed by atoms with van der Waals surface area (Å²) in [5.74, 6) is 2.27. The number of rotatable bonds is 7. The molecule has 0 radical (unpaired) electrons. The van der Waals surface area contributed by atoms with Crippen molar-refractivity contribution in [2.24, 2.45) is 4.99 Å². The first-order chi connectivity index (χ1) is 12.8. The third-order valence-corrected chi connectivity index (χ3v) is 3.97. The molecule has 2 rings (SSSR count). The van der Waals surface area contributed by atoms with Crippen LogP contribution < -0.4 is 15.4 Å². The van der Waals surface area contributed by atoms with E-state index in [0.717, 1.165) is 12.2 Å². The van der Waals surface area contributed by atoms with E-state index in [4.69, 9.17) is 9.15 Å². The van der Waals surface area contributed by atoms with E-state index in [0.29, 0.717) is 30.7 Å². The highest BCUT2D eigenvalue weighted by Crippen LogP contribution is 2.22. The maximum absolute atomic E-state index is 13.3. The van der Waals surface area contributed by atoms with Crippen LogP contribution in [0.15, 0.2) is 39.9 Å². The Morgan fingerprint density at radius 2 is 2.07 bits per heavy atom. The Labute approximate surface area is 183 Å². The fourth-order valence-electron chi connectivity index (χ4n) is 2.33. The van der Waals surface area contributed by atoms with Gasteiger partial charge in [-0.15, -0.1) is 24.0 Å². The van der Waals surface area contributed by atoms with Crippen molar-refractivity contribution in [3.8, 4) is 5.75 Å². The van der Waals surface area contributed by atoms with E-state index in [2.05, 4.69) is 41.4 Å². The summed E-state index contributed by atoms with van der Waals surface area (Å²) >= 11 is 0. The lowest BCUT2D eigenvalue weighted by atomic mass is 9.94. The monoisotopic (exact) mass is 504 g/mol. The largest absolute Gasteiger partial charge is 0.489 e. The number of oxazole rings is 1. The van der Waals surface area contributed by atoms with E-state index < -0.39 is 0 Å². The molecular weight excluding hydrogens is 474 g/mol. The number of nitrogens with zero attached hydrogens (tertiary/aromatic N) is 2. The number of benzene rings is 1. The molecule has 0 fully saturated rings. The molecule has 1 unspecified atom stereocenters. The third kappa shape index (κ3) is 7.65. The number of hydrogen-bond donors (Lipinski definition) is 2. The van der Waals surface area contributed by atoms with Crippen LogP contribution in [-0.4, -0.2) is 30.6 Å². The standard InChI is InChI=1S/C20H29FN4O2.HI/c1-6-15(26-16-9-7-8-14(21)10-16)11-24-19(22-5)25-13-18-23-12-17(27-18)20(2,3)4;/h7-10,12,15H,6,11,13H2,1-5H3,(H2,22,24,25);1H. The lowest BCUT2D eigenvalue weighted by molar-refractivity contribution is 0.198. The second kappa shape index (κ2) is 11.2. The molecule has 2 N–H and O–H groups in total. The molecule has 1 aromatic heterocycles. The van der Waals surface area contributed by atoms with Crippen molar-refractivity contribution < 1.29 is 13.5 Å². The van der Waals surface area contributed by atoms with Crippen molar-refractivity contribution in [3.05, 3.63) is 47.9 Å². The number of aromatic nitrogens is 1. The molecule has 156 valence electrons. The fraction of sp³-hybridized carbons (Fsp3) is 0.500. The van der Waals surface area contributed by atoms with Crippen molar-refractivity contribution in [2.45, 2.75) is 52.2 Å². The maximum atomic E-state index is 13.3. The lowest BCUT2D eigenvalue weighted by Gasteiger charge is -2.19. The van der Waals surface area contributed by atoms with E-state index in [1.165, 1.54) is 12.1 Å². The Balaban J connectivity index is 0.00000392. The van der Waals surface area contributed by atoms with Crippen LogP contribution in [0.3, 0.4) is 0 Å². The molecule has 0 aliphatic carbocycles. The third-order valence-electron chi connectivity index (χ3n) is 3.97. The zero-order chi connectivity index (χ0) is 19.9. The summed E-state index contributed by atoms with van der Waals surface area (Å²) in [6, 6.07) is 6.15. The Bertz CT molecular complexity index is 759. The van der Waals surface area contributed by atoms with Crippen LogP contribution >= 0.6 is 24.0 Å². The summed E-state index contributed by atoms with van der Waals surface area (Å²) in [4.78, 5) is 8.49. The average molecular weight is 504 g/mol. The SMILES string of the molecule is CCC(CNC(=NC)NCc1ncc(C(C)(C)C)o1)Oc1cccc(F)c1.I. The minimum atomic E-state index is -0.312. The number of aliphatic imine (C=N–C) groups is 1. The molecule has 6 nitrogen and oxygen atoms in total. The van der Waals surface area contributed by atoms with Crippen molar-refractivity contribution in [1.29, 1.82) is 0 Å². The van der Waals surface area contributed by atoms with Gasteiger partial charge in [-0.2, -0.15) is 0 Å². The molecule has 0 saturated heterocycles. The Hall–Kier alpha value is -1.84. The molecular formula is C20H30FIN4O2. The van der Waals surface area contributed by atoms with Crippen LogP contribution in [0.25, 0.3) is 0 Å². The molecule has 0 bridgehead atoms. The summed E-state index contributed by atoms with van der Waals surface area (Å²) in [7, 11) is 1.69. The van der Waals surface area contributed by atoms with Gasteiger partial charge in [-0.25, -0.2) is 9.37 Å². The molecule has 0 amide bonds. The van der Waals surface area contributed by atoms with Gasteiger partial charge in [0, 0.05) is 18.5 Å². The average Bonchev–Trinajstić information content (AvgIpc) is 3.10. The fourth-order valence-corrected chi connectivity index (χ4v) is 2.33. The number of nitrogens with one attached hydrogen (secondary N) is 2. The molecule has 0 aliphatic heterocycles. The first-order valence-electron chi connectivity index (χ1n) is 9.13. The van der Waals surface area contributed by atoms with Crippen molar-refractivity contribution >= 4 is 29.9 Å². The Kier molecular flexibility index (Phi) is 9.71. The highest BCUT2D eigenvalue weighted by molar-refractivity contribution is 14.0. The second-order valence-electron chi connectivity index (χ2n) is 7.28. The molecule has 8 heteroatoms. The van der Waals surface area contributed by atoms with Gasteiger partial charge in [0.05, 0.1) is 19.3 Å². The van der Waals surface area contributed by atoms with Gasteiger partial charge in [0.15, 0.2) is 5.96 Å². The minimum absolute atomic E-state index is 0. The summed E-state index contributed by atoms with van der Waals surface area (Å²) in [5, 5.41) is 6.38. The number of ether oxygens (including phenoxy) is 1. The van der Waals surface area contributed by atoms with E-state index >= 15 is 0 Å². The van der Waals surface area contributed by atoms with Gasteiger partial charge < -0.3 is 19.8 Å². The first-order valence-corrected chi connectivity index (χ1v) is 9.13. The van der Waals surface area contributed by atoms with E-state index in [1.807, 2.05) is 6.92 Å². The van der Waals surface area contributed by atoms with Gasteiger partial charge in [-0.05, 0) is 18.6 Å². The van der Waals surface area contributed by atoms with Gasteiger partial charge in [-0.3, -0.25) is 4.99 Å². The predicted molar refractivity (Wildman–Crippen MR) is 120 cm³/mol. The first kappa shape index (κ1) is 24.2. The number of guanidine groups is 1. The lowest BCUT2D eigenvalue weighted by Crippen LogP contribution is -2.42. The zero-order valence-corrected chi connectivity index (χ0v) is 19.4. The summed E-state index contributed by atoms with van der Waals surface area (Å²) in [6.45, 7) is 9.21. The van der Waals surface area contributed by atoms with E-state index in [9.17, 15) is 4.39 Å². The Morgan fingerprint density at radius 3 is 2.64 bits per heavy atom. The van der Waals surface area contributed by atoms with Crippen molar-refractivity contribution in [1.82, 2.24) is 15.6 Å². The summed E-state index contributed by atoms with van der Waals surface area (Å²) in [5.41, 5.74) is -0.0756. The molecule has 1 aromatic carbocycles. The van der Waals surface area contributed by atoms with Gasteiger partial charge >= 0.3 is 0 Å². The highest BCUT2D eigenvalue weighted by atomic mass is 127. The van der Waals surface area contributed by atoms with Gasteiger partial charge in [-0.1, -0.05) is 33.8 Å². The summed E-state index contributed by atoms with van der Waals surface area (Å²) < 4.78 is 24.9. The topological polar surface area (TPSA) is 71.7 Å². The number of halogens is 2. The van der Waals surface area contributed by atoms with E-state index in [-0.39, 0.29) is 41.3 Å². The van der Waals surface area contributed by atoms with Crippen molar-refractivity contribution in [3.63, 3.8) is 0 Å². The van der Waals surface area contributed by atoms with Gasteiger partial charge in [0.2, 0.25) is 5.89 Å². The minimum Gasteiger partial charge on any atom is -0.489 e. The predicted octanol–water partition coefficient (Wildman–Crippen LogP) is 4.25. The maximum Gasteiger partial charge on any atom is 0.213 e. The molecule has 2 aromatic rings. The molecule has 0 saturated carbocycles. The zero-order valence-electron chi connectivity index (χ0n) is 17.1. The van der Waals surface area contributed by atoms with Crippen LogP contribution in [-0.2, 0) is 12.0 Å². The van der Waals surface area contributed by atoms with Gasteiger partial charge in [0.25, 0.3) is 0 Å². The van der Waals surface area contributed by atoms with Crippen LogP contribution in [0.4, 0.5) is 4.39 Å². The van der Waals surface area contributed by atoms with Crippen LogP contribution in [0.2, 0.25) is 0 Å². The quantitative estimate of drug-likeness (QED) is 0.335. The van der Waals surface area contributed by atoms with Crippen molar-refractivity contribution in [2.75, 3.05) is 13.6 Å². The van der Waals surface area contributed by atoms with Crippen LogP contribution in [0.5, 0.6) is 5.75 Å². The van der Waals surface area contributed by atoms with Crippen LogP contribution in [0, 0.1) is 5.82 Å². The highest BCUT2D eigenvalue weighted by Gasteiger charge is 2.19. The molecule has 0 aliphatic rings.